The van der Waals surface area contributed by atoms with E-state index in [1.807, 2.05) is 0 Å². The van der Waals surface area contributed by atoms with Crippen LogP contribution in [-0.2, 0) is 4.74 Å². The van der Waals surface area contributed by atoms with E-state index in [9.17, 15) is 9.59 Å². The molecule has 2 N–H and O–H groups in total. The van der Waals surface area contributed by atoms with E-state index in [1.165, 1.54) is 24.8 Å². The predicted octanol–water partition coefficient (Wildman–Crippen LogP) is 3.67. The maximum absolute atomic E-state index is 9.21. The Hall–Kier alpha value is -1.78. The Morgan fingerprint density at radius 3 is 2.18 bits per heavy atom. The fraction of sp³-hybridized carbons (Fsp3) is 0.500. The average Bonchev–Trinajstić information content (AvgIpc) is 2.16. The highest BCUT2D eigenvalue weighted by molar-refractivity contribution is 5.74. The fourth-order valence-corrected chi connectivity index (χ4v) is 1.49. The molecule has 1 aliphatic rings. The van der Waals surface area contributed by atoms with Gasteiger partial charge in [-0.15, -0.1) is 0 Å². The first-order valence-electron chi connectivity index (χ1n) is 5.27. The van der Waals surface area contributed by atoms with E-state index in [1.54, 1.807) is 5.57 Å². The summed E-state index contributed by atoms with van der Waals surface area (Å²) in [7, 11) is 0. The minimum Gasteiger partial charge on any atom is -0.449 e. The van der Waals surface area contributed by atoms with E-state index in [-0.39, 0.29) is 0 Å². The van der Waals surface area contributed by atoms with Crippen LogP contribution < -0.4 is 0 Å². The van der Waals surface area contributed by atoms with Crippen molar-refractivity contribution in [2.24, 2.45) is 5.92 Å². The lowest BCUT2D eigenvalue weighted by atomic mass is 9.86. The van der Waals surface area contributed by atoms with Crippen molar-refractivity contribution < 1.29 is 24.5 Å². The van der Waals surface area contributed by atoms with Crippen molar-refractivity contribution in [2.75, 3.05) is 0 Å². The van der Waals surface area contributed by atoms with Crippen LogP contribution in [0.5, 0.6) is 0 Å². The third-order valence-electron chi connectivity index (χ3n) is 2.51. The summed E-state index contributed by atoms with van der Waals surface area (Å²) in [5.41, 5.74) is 2.90. The Balaban J connectivity index is 0.000000325. The molecule has 0 heterocycles. The molecule has 0 aliphatic heterocycles. The summed E-state index contributed by atoms with van der Waals surface area (Å²) in [6, 6.07) is 0. The number of hydrogen-bond acceptors (Lipinski definition) is 3. The van der Waals surface area contributed by atoms with Crippen LogP contribution >= 0.6 is 0 Å². The number of rotatable bonds is 1. The molecular weight excluding hydrogens is 224 g/mol. The minimum atomic E-state index is -1.81. The van der Waals surface area contributed by atoms with Crippen molar-refractivity contribution >= 4 is 12.3 Å². The van der Waals surface area contributed by atoms with Gasteiger partial charge in [0.25, 0.3) is 0 Å². The number of carboxylic acid groups (broad SMARTS) is 2. The zero-order chi connectivity index (χ0) is 13.4. The molecule has 17 heavy (non-hydrogen) atoms. The van der Waals surface area contributed by atoms with E-state index in [4.69, 9.17) is 10.2 Å². The lowest BCUT2D eigenvalue weighted by molar-refractivity contribution is 0.0802. The Kier molecular flexibility index (Phi) is 6.70. The van der Waals surface area contributed by atoms with Crippen molar-refractivity contribution in [3.8, 4) is 0 Å². The molecule has 96 valence electrons. The Morgan fingerprint density at radius 2 is 1.94 bits per heavy atom. The molecule has 1 unspecified atom stereocenters. The Morgan fingerprint density at radius 1 is 1.41 bits per heavy atom. The molecule has 0 amide bonds. The molecule has 0 fully saturated rings. The first-order chi connectivity index (χ1) is 7.82. The van der Waals surface area contributed by atoms with Crippen LogP contribution in [0, 0.1) is 5.92 Å². The summed E-state index contributed by atoms with van der Waals surface area (Å²) >= 11 is 0. The molecule has 1 aliphatic carbocycles. The summed E-state index contributed by atoms with van der Waals surface area (Å²) in [6.45, 7) is 8.33. The number of carbonyl (C=O) groups is 2. The molecule has 0 spiro atoms. The largest absolute Gasteiger partial charge is 0.516 e. The molecule has 5 heteroatoms. The van der Waals surface area contributed by atoms with Gasteiger partial charge in [-0.3, -0.25) is 0 Å². The second-order valence-corrected chi connectivity index (χ2v) is 4.00. The van der Waals surface area contributed by atoms with E-state index in [0.29, 0.717) is 0 Å². The van der Waals surface area contributed by atoms with Gasteiger partial charge in [0.2, 0.25) is 0 Å². The summed E-state index contributed by atoms with van der Waals surface area (Å²) in [6.07, 6.45) is 2.54. The third kappa shape index (κ3) is 8.07. The standard InChI is InChI=1S/C10H16.C2H2O5/c1-8(2)10-6-4-9(3)5-7-10;3-1(4)7-2(5)6/h4,10H,1,5-7H2,2-3H3;(H,3,4)(H,5,6). The van der Waals surface area contributed by atoms with E-state index in [2.05, 4.69) is 31.2 Å². The molecule has 0 saturated carbocycles. The number of allylic oxidation sites excluding steroid dienone is 3. The minimum absolute atomic E-state index is 0.767. The van der Waals surface area contributed by atoms with Crippen molar-refractivity contribution in [2.45, 2.75) is 33.1 Å². The van der Waals surface area contributed by atoms with Gasteiger partial charge >= 0.3 is 12.3 Å². The zero-order valence-electron chi connectivity index (χ0n) is 10.1. The maximum atomic E-state index is 9.21. The summed E-state index contributed by atoms with van der Waals surface area (Å²) in [4.78, 5) is 18.4. The normalized spacial score (nSPS) is 18.2. The van der Waals surface area contributed by atoms with Crippen LogP contribution in [0.25, 0.3) is 0 Å². The quantitative estimate of drug-likeness (QED) is 0.416. The molecule has 0 aromatic heterocycles. The predicted molar refractivity (Wildman–Crippen MR) is 63.0 cm³/mol. The lowest BCUT2D eigenvalue weighted by Crippen LogP contribution is -2.05. The van der Waals surface area contributed by atoms with Gasteiger partial charge in [-0.05, 0) is 39.0 Å². The summed E-state index contributed by atoms with van der Waals surface area (Å²) in [5.74, 6) is 0.767. The van der Waals surface area contributed by atoms with Gasteiger partial charge in [0.1, 0.15) is 0 Å². The van der Waals surface area contributed by atoms with Gasteiger partial charge in [-0.2, -0.15) is 0 Å². The van der Waals surface area contributed by atoms with Crippen LogP contribution in [0.15, 0.2) is 23.8 Å². The smallest absolute Gasteiger partial charge is 0.449 e. The maximum Gasteiger partial charge on any atom is 0.516 e. The highest BCUT2D eigenvalue weighted by Crippen LogP contribution is 2.27. The fourth-order valence-electron chi connectivity index (χ4n) is 1.49. The molecule has 0 aromatic carbocycles. The third-order valence-corrected chi connectivity index (χ3v) is 2.51. The van der Waals surface area contributed by atoms with Gasteiger partial charge in [-0.25, -0.2) is 9.59 Å². The van der Waals surface area contributed by atoms with Crippen LogP contribution in [0.1, 0.15) is 33.1 Å². The average molecular weight is 242 g/mol. The first kappa shape index (κ1) is 15.2. The molecule has 0 aromatic rings. The second-order valence-electron chi connectivity index (χ2n) is 4.00. The highest BCUT2D eigenvalue weighted by atomic mass is 16.7. The van der Waals surface area contributed by atoms with Crippen LogP contribution in [0.2, 0.25) is 0 Å². The number of hydrogen-bond donors (Lipinski definition) is 2. The highest BCUT2D eigenvalue weighted by Gasteiger charge is 2.11. The molecule has 0 saturated heterocycles. The molecule has 1 atom stereocenters. The van der Waals surface area contributed by atoms with Crippen LogP contribution in [-0.4, -0.2) is 22.5 Å². The molecule has 0 radical (unpaired) electrons. The Labute approximate surface area is 100 Å². The van der Waals surface area contributed by atoms with Gasteiger partial charge in [-0.1, -0.05) is 23.8 Å². The van der Waals surface area contributed by atoms with Gasteiger partial charge < -0.3 is 14.9 Å². The van der Waals surface area contributed by atoms with Crippen molar-refractivity contribution in [1.29, 1.82) is 0 Å². The van der Waals surface area contributed by atoms with Gasteiger partial charge in [0.05, 0.1) is 0 Å². The summed E-state index contributed by atoms with van der Waals surface area (Å²) in [5, 5.41) is 15.0. The lowest BCUT2D eigenvalue weighted by Gasteiger charge is -2.19. The topological polar surface area (TPSA) is 83.8 Å². The van der Waals surface area contributed by atoms with Gasteiger partial charge in [0, 0.05) is 0 Å². The second kappa shape index (κ2) is 7.49. The van der Waals surface area contributed by atoms with Crippen LogP contribution in [0.3, 0.4) is 0 Å². The van der Waals surface area contributed by atoms with E-state index < -0.39 is 12.3 Å². The zero-order valence-corrected chi connectivity index (χ0v) is 10.1. The molecule has 1 rings (SSSR count). The van der Waals surface area contributed by atoms with Crippen molar-refractivity contribution in [3.05, 3.63) is 23.8 Å². The first-order valence-corrected chi connectivity index (χ1v) is 5.27. The molecular formula is C12H18O5. The van der Waals surface area contributed by atoms with E-state index in [0.717, 1.165) is 5.92 Å². The molecule has 5 nitrogen and oxygen atoms in total. The van der Waals surface area contributed by atoms with Crippen LogP contribution in [0.4, 0.5) is 9.59 Å². The SMILES string of the molecule is C=C(C)C1CC=C(C)CC1.O=C(O)OC(=O)O. The van der Waals surface area contributed by atoms with E-state index >= 15 is 0 Å². The van der Waals surface area contributed by atoms with Crippen molar-refractivity contribution in [1.82, 2.24) is 0 Å². The number of ether oxygens (including phenoxy) is 1. The molecule has 0 bridgehead atoms. The van der Waals surface area contributed by atoms with Crippen molar-refractivity contribution in [3.63, 3.8) is 0 Å². The summed E-state index contributed by atoms with van der Waals surface area (Å²) < 4.78 is 3.08. The van der Waals surface area contributed by atoms with Gasteiger partial charge in [0.15, 0.2) is 0 Å². The monoisotopic (exact) mass is 242 g/mol. The Bertz CT molecular complexity index is 318.